The summed E-state index contributed by atoms with van der Waals surface area (Å²) in [6.45, 7) is -0.507. The van der Waals surface area contributed by atoms with Crippen molar-refractivity contribution in [3.8, 4) is 0 Å². The van der Waals surface area contributed by atoms with E-state index in [1.54, 1.807) is 18.0 Å². The maximum atomic E-state index is 12.3. The van der Waals surface area contributed by atoms with Crippen LogP contribution >= 0.6 is 22.9 Å². The minimum Gasteiger partial charge on any atom is -0.332 e. The van der Waals surface area contributed by atoms with Crippen LogP contribution in [0.2, 0.25) is 4.34 Å². The lowest BCUT2D eigenvalue weighted by atomic mass is 10.2. The smallest absolute Gasteiger partial charge is 0.332 e. The molecular formula is C12H14ClF3N2OS. The number of carbonyl (C=O) groups is 1. The molecule has 1 aromatic rings. The molecule has 0 radical (unpaired) electrons. The van der Waals surface area contributed by atoms with Gasteiger partial charge in [0.2, 0.25) is 5.91 Å². The Morgan fingerprint density at radius 3 is 2.75 bits per heavy atom. The summed E-state index contributed by atoms with van der Waals surface area (Å²) >= 11 is 7.23. The molecule has 1 aliphatic heterocycles. The number of carbonyl (C=O) groups excluding carboxylic acids is 1. The Morgan fingerprint density at radius 2 is 2.20 bits per heavy atom. The molecule has 1 fully saturated rings. The number of nitrogens with zero attached hydrogens (tertiary/aromatic N) is 2. The van der Waals surface area contributed by atoms with Crippen molar-refractivity contribution in [2.24, 2.45) is 0 Å². The van der Waals surface area contributed by atoms with Gasteiger partial charge in [0, 0.05) is 18.0 Å². The molecule has 1 aliphatic rings. The van der Waals surface area contributed by atoms with Crippen molar-refractivity contribution >= 4 is 28.8 Å². The van der Waals surface area contributed by atoms with E-state index in [1.165, 1.54) is 11.3 Å². The summed E-state index contributed by atoms with van der Waals surface area (Å²) in [6, 6.07) is 3.14. The summed E-state index contributed by atoms with van der Waals surface area (Å²) in [6.07, 6.45) is -3.92. The number of hydrogen-bond donors (Lipinski definition) is 0. The highest BCUT2D eigenvalue weighted by Gasteiger charge is 2.40. The standard InChI is InChI=1S/C12H14ClF3N2OS/c1-17(6-8-2-3-10(13)20-8)9-4-5-18(11(9)19)7-12(14,15)16/h2-3,9H,4-7H2,1H3. The lowest BCUT2D eigenvalue weighted by Gasteiger charge is -2.23. The first-order chi connectivity index (χ1) is 9.26. The Morgan fingerprint density at radius 1 is 1.50 bits per heavy atom. The Hall–Kier alpha value is -0.790. The minimum atomic E-state index is -4.34. The predicted molar refractivity (Wildman–Crippen MR) is 71.8 cm³/mol. The fourth-order valence-electron chi connectivity index (χ4n) is 2.30. The van der Waals surface area contributed by atoms with Gasteiger partial charge in [-0.3, -0.25) is 9.69 Å². The monoisotopic (exact) mass is 326 g/mol. The van der Waals surface area contributed by atoms with Gasteiger partial charge in [-0.2, -0.15) is 13.2 Å². The number of alkyl halides is 3. The second kappa shape index (κ2) is 5.91. The van der Waals surface area contributed by atoms with E-state index in [1.807, 2.05) is 6.07 Å². The fraction of sp³-hybridized carbons (Fsp3) is 0.583. The molecule has 2 heterocycles. The summed E-state index contributed by atoms with van der Waals surface area (Å²) in [5.41, 5.74) is 0. The van der Waals surface area contributed by atoms with Gasteiger partial charge in [0.25, 0.3) is 0 Å². The van der Waals surface area contributed by atoms with Gasteiger partial charge in [-0.15, -0.1) is 11.3 Å². The fourth-order valence-corrected chi connectivity index (χ4v) is 3.45. The van der Waals surface area contributed by atoms with Crippen molar-refractivity contribution < 1.29 is 18.0 Å². The van der Waals surface area contributed by atoms with E-state index in [-0.39, 0.29) is 6.54 Å². The van der Waals surface area contributed by atoms with Gasteiger partial charge < -0.3 is 4.90 Å². The van der Waals surface area contributed by atoms with Crippen LogP contribution in [-0.2, 0) is 11.3 Å². The van der Waals surface area contributed by atoms with Crippen molar-refractivity contribution in [1.29, 1.82) is 0 Å². The molecule has 20 heavy (non-hydrogen) atoms. The molecular weight excluding hydrogens is 313 g/mol. The normalized spacial score (nSPS) is 20.2. The van der Waals surface area contributed by atoms with E-state index in [0.717, 1.165) is 9.78 Å². The van der Waals surface area contributed by atoms with Crippen molar-refractivity contribution in [1.82, 2.24) is 9.80 Å². The lowest BCUT2D eigenvalue weighted by Crippen LogP contribution is -2.42. The van der Waals surface area contributed by atoms with Crippen molar-refractivity contribution in [3.63, 3.8) is 0 Å². The van der Waals surface area contributed by atoms with Crippen LogP contribution in [0.15, 0.2) is 12.1 Å². The average Bonchev–Trinajstić information content (AvgIpc) is 2.85. The zero-order valence-electron chi connectivity index (χ0n) is 10.8. The molecule has 0 saturated carbocycles. The first-order valence-corrected chi connectivity index (χ1v) is 7.26. The molecule has 1 aromatic heterocycles. The topological polar surface area (TPSA) is 23.6 Å². The number of amides is 1. The molecule has 1 saturated heterocycles. The van der Waals surface area contributed by atoms with Crippen molar-refractivity contribution in [2.45, 2.75) is 25.2 Å². The van der Waals surface area contributed by atoms with Crippen LogP contribution in [0, 0.1) is 0 Å². The summed E-state index contributed by atoms with van der Waals surface area (Å²) in [5, 5.41) is 0. The summed E-state index contributed by atoms with van der Waals surface area (Å²) < 4.78 is 37.7. The van der Waals surface area contributed by atoms with Gasteiger partial charge in [0.05, 0.1) is 10.4 Å². The van der Waals surface area contributed by atoms with E-state index >= 15 is 0 Å². The van der Waals surface area contributed by atoms with Crippen LogP contribution in [0.1, 0.15) is 11.3 Å². The van der Waals surface area contributed by atoms with Crippen LogP contribution in [0.4, 0.5) is 13.2 Å². The highest BCUT2D eigenvalue weighted by molar-refractivity contribution is 7.16. The Balaban J connectivity index is 1.95. The van der Waals surface area contributed by atoms with Crippen molar-refractivity contribution in [2.75, 3.05) is 20.1 Å². The zero-order valence-corrected chi connectivity index (χ0v) is 12.4. The van der Waals surface area contributed by atoms with Crippen LogP contribution in [-0.4, -0.2) is 48.1 Å². The molecule has 0 aromatic carbocycles. The third-order valence-corrected chi connectivity index (χ3v) is 4.42. The highest BCUT2D eigenvalue weighted by atomic mass is 35.5. The molecule has 3 nitrogen and oxygen atoms in total. The number of halogens is 4. The molecule has 1 unspecified atom stereocenters. The predicted octanol–water partition coefficient (Wildman–Crippen LogP) is 3.00. The summed E-state index contributed by atoms with van der Waals surface area (Å²) in [7, 11) is 1.74. The molecule has 0 N–H and O–H groups in total. The van der Waals surface area contributed by atoms with E-state index in [0.29, 0.717) is 17.3 Å². The Bertz CT molecular complexity index is 491. The maximum absolute atomic E-state index is 12.3. The van der Waals surface area contributed by atoms with Gasteiger partial charge in [-0.25, -0.2) is 0 Å². The molecule has 2 rings (SSSR count). The van der Waals surface area contributed by atoms with Crippen LogP contribution in [0.5, 0.6) is 0 Å². The van der Waals surface area contributed by atoms with E-state index < -0.39 is 24.7 Å². The zero-order chi connectivity index (χ0) is 14.9. The number of rotatable bonds is 4. The molecule has 112 valence electrons. The van der Waals surface area contributed by atoms with Crippen LogP contribution < -0.4 is 0 Å². The third kappa shape index (κ3) is 3.86. The maximum Gasteiger partial charge on any atom is 0.406 e. The van der Waals surface area contributed by atoms with E-state index in [9.17, 15) is 18.0 Å². The lowest BCUT2D eigenvalue weighted by molar-refractivity contribution is -0.159. The SMILES string of the molecule is CN(Cc1ccc(Cl)s1)C1CCN(CC(F)(F)F)C1=O. The molecule has 1 atom stereocenters. The Labute approximate surface area is 123 Å². The largest absolute Gasteiger partial charge is 0.406 e. The van der Waals surface area contributed by atoms with Gasteiger partial charge in [0.15, 0.2) is 0 Å². The van der Waals surface area contributed by atoms with Gasteiger partial charge in [-0.05, 0) is 25.6 Å². The van der Waals surface area contributed by atoms with Gasteiger partial charge in [-0.1, -0.05) is 11.6 Å². The molecule has 8 heteroatoms. The minimum absolute atomic E-state index is 0.151. The second-order valence-electron chi connectivity index (χ2n) is 4.80. The first-order valence-electron chi connectivity index (χ1n) is 6.06. The number of likely N-dealkylation sites (tertiary alicyclic amines) is 1. The molecule has 0 aliphatic carbocycles. The number of thiophene rings is 1. The first kappa shape index (κ1) is 15.6. The molecule has 0 bridgehead atoms. The van der Waals surface area contributed by atoms with E-state index in [2.05, 4.69) is 0 Å². The quantitative estimate of drug-likeness (QED) is 0.849. The average molecular weight is 327 g/mol. The number of hydrogen-bond acceptors (Lipinski definition) is 3. The molecule has 0 spiro atoms. The third-order valence-electron chi connectivity index (χ3n) is 3.21. The van der Waals surface area contributed by atoms with Gasteiger partial charge in [0.1, 0.15) is 6.54 Å². The van der Waals surface area contributed by atoms with Crippen LogP contribution in [0.25, 0.3) is 0 Å². The second-order valence-corrected chi connectivity index (χ2v) is 6.60. The number of likely N-dealkylation sites (N-methyl/N-ethyl adjacent to an activating group) is 1. The summed E-state index contributed by atoms with van der Waals surface area (Å²) in [4.78, 5) is 15.6. The molecule has 1 amide bonds. The Kier molecular flexibility index (Phi) is 4.61. The van der Waals surface area contributed by atoms with E-state index in [4.69, 9.17) is 11.6 Å². The van der Waals surface area contributed by atoms with Gasteiger partial charge >= 0.3 is 6.18 Å². The summed E-state index contributed by atoms with van der Waals surface area (Å²) in [5.74, 6) is -0.451. The highest BCUT2D eigenvalue weighted by Crippen LogP contribution is 2.26. The van der Waals surface area contributed by atoms with Crippen molar-refractivity contribution in [3.05, 3.63) is 21.3 Å². The van der Waals surface area contributed by atoms with Crippen LogP contribution in [0.3, 0.4) is 0 Å².